The summed E-state index contributed by atoms with van der Waals surface area (Å²) in [5.41, 5.74) is 12.5. The lowest BCUT2D eigenvalue weighted by Crippen LogP contribution is -2.25. The lowest BCUT2D eigenvalue weighted by molar-refractivity contribution is -0.137. The topological polar surface area (TPSA) is 3.24 Å². The normalized spacial score (nSPS) is 13.2. The van der Waals surface area contributed by atoms with E-state index in [0.29, 0.717) is 11.3 Å². The van der Waals surface area contributed by atoms with E-state index in [1.165, 1.54) is 135 Å². The van der Waals surface area contributed by atoms with E-state index in [4.69, 9.17) is 0 Å². The number of hydrogen-bond acceptors (Lipinski definition) is 1. The quantitative estimate of drug-likeness (QED) is 0.0808. The standard InChI is InChI=1S/C51H60F3N/c1-6-8-10-12-14-16-30-50(31-17-15-13-11-9-7-2)48-34-38(4)20-28-46(48)47-29-23-41(35-49(47)50)40-21-26-44(27-22-40)55(43-24-18-37(3)19-25-43)45-33-39(5)32-42(36-45)51(52,53)54/h18-29,32-36H,6-17,30-31H2,1-5H3. The Hall–Kier alpha value is -4.31. The fourth-order valence-corrected chi connectivity index (χ4v) is 8.87. The number of nitrogens with zero attached hydrogens (tertiary/aromatic N) is 1. The SMILES string of the molecule is CCCCCCCCC1(CCCCCCCC)c2cc(C)ccc2-c2ccc(-c3ccc(N(c4ccc(C)cc4)c4cc(C)cc(C(F)(F)F)c4)cc3)cc21. The molecule has 0 radical (unpaired) electrons. The van der Waals surface area contributed by atoms with Crippen molar-refractivity contribution in [2.75, 3.05) is 4.90 Å². The smallest absolute Gasteiger partial charge is 0.310 e. The molecule has 0 fully saturated rings. The summed E-state index contributed by atoms with van der Waals surface area (Å²) in [4.78, 5) is 1.93. The van der Waals surface area contributed by atoms with E-state index in [1.807, 2.05) is 42.2 Å². The molecule has 0 aromatic heterocycles. The van der Waals surface area contributed by atoms with Gasteiger partial charge in [-0.2, -0.15) is 13.2 Å². The molecular weight excluding hydrogens is 684 g/mol. The second kappa shape index (κ2) is 18.1. The first-order chi connectivity index (χ1) is 26.5. The van der Waals surface area contributed by atoms with Crippen LogP contribution in [-0.4, -0.2) is 0 Å². The van der Waals surface area contributed by atoms with Crippen LogP contribution in [0.4, 0.5) is 30.2 Å². The molecule has 0 saturated carbocycles. The molecule has 0 amide bonds. The Morgan fingerprint density at radius 2 is 0.945 bits per heavy atom. The third-order valence-corrected chi connectivity index (χ3v) is 11.8. The number of alkyl halides is 3. The summed E-state index contributed by atoms with van der Waals surface area (Å²) in [6.45, 7) is 10.5. The van der Waals surface area contributed by atoms with Crippen LogP contribution in [-0.2, 0) is 11.6 Å². The van der Waals surface area contributed by atoms with Gasteiger partial charge in [0.1, 0.15) is 0 Å². The Morgan fingerprint density at radius 1 is 0.455 bits per heavy atom. The van der Waals surface area contributed by atoms with Crippen molar-refractivity contribution in [3.63, 3.8) is 0 Å². The molecule has 0 bridgehead atoms. The van der Waals surface area contributed by atoms with Crippen LogP contribution in [0.1, 0.15) is 137 Å². The van der Waals surface area contributed by atoms with E-state index in [2.05, 4.69) is 81.4 Å². The van der Waals surface area contributed by atoms with Gasteiger partial charge in [0.05, 0.1) is 5.56 Å². The lowest BCUT2D eigenvalue weighted by atomic mass is 9.70. The first kappa shape index (κ1) is 40.4. The van der Waals surface area contributed by atoms with E-state index in [0.717, 1.165) is 22.5 Å². The van der Waals surface area contributed by atoms with Gasteiger partial charge in [-0.15, -0.1) is 0 Å². The van der Waals surface area contributed by atoms with Crippen LogP contribution in [0.5, 0.6) is 0 Å². The van der Waals surface area contributed by atoms with Gasteiger partial charge in [0.2, 0.25) is 0 Å². The van der Waals surface area contributed by atoms with Crippen molar-refractivity contribution in [2.24, 2.45) is 0 Å². The number of unbranched alkanes of at least 4 members (excludes halogenated alkanes) is 10. The van der Waals surface area contributed by atoms with Gasteiger partial charge in [-0.05, 0) is 121 Å². The molecule has 0 aliphatic heterocycles. The van der Waals surface area contributed by atoms with Gasteiger partial charge < -0.3 is 4.90 Å². The summed E-state index contributed by atoms with van der Waals surface area (Å²) in [5.74, 6) is 0. The van der Waals surface area contributed by atoms with Crippen molar-refractivity contribution in [1.82, 2.24) is 0 Å². The maximum atomic E-state index is 14.0. The Balaban J connectivity index is 1.37. The molecule has 5 aromatic carbocycles. The summed E-state index contributed by atoms with van der Waals surface area (Å²) >= 11 is 0. The molecule has 1 aliphatic carbocycles. The molecular formula is C51H60F3N. The number of rotatable bonds is 18. The predicted molar refractivity (Wildman–Crippen MR) is 228 cm³/mol. The fourth-order valence-electron chi connectivity index (χ4n) is 8.87. The number of fused-ring (bicyclic) bond motifs is 3. The van der Waals surface area contributed by atoms with Crippen LogP contribution in [0.3, 0.4) is 0 Å². The summed E-state index contributed by atoms with van der Waals surface area (Å²) in [6, 6.07) is 34.8. The average molecular weight is 744 g/mol. The Bertz CT molecular complexity index is 1990. The zero-order valence-corrected chi connectivity index (χ0v) is 33.8. The fraction of sp³-hybridized carbons (Fsp3) is 0.412. The van der Waals surface area contributed by atoms with E-state index >= 15 is 0 Å². The molecule has 5 aromatic rings. The minimum Gasteiger partial charge on any atom is -0.310 e. The van der Waals surface area contributed by atoms with Gasteiger partial charge in [0.15, 0.2) is 0 Å². The Morgan fingerprint density at radius 3 is 1.53 bits per heavy atom. The van der Waals surface area contributed by atoms with Crippen molar-refractivity contribution >= 4 is 17.1 Å². The van der Waals surface area contributed by atoms with Crippen molar-refractivity contribution < 1.29 is 13.2 Å². The van der Waals surface area contributed by atoms with Gasteiger partial charge in [0.25, 0.3) is 0 Å². The van der Waals surface area contributed by atoms with Gasteiger partial charge in [-0.25, -0.2) is 0 Å². The van der Waals surface area contributed by atoms with Crippen molar-refractivity contribution in [1.29, 1.82) is 0 Å². The average Bonchev–Trinajstić information content (AvgIpc) is 3.43. The number of halogens is 3. The minimum atomic E-state index is -4.44. The van der Waals surface area contributed by atoms with Gasteiger partial charge in [-0.1, -0.05) is 157 Å². The van der Waals surface area contributed by atoms with E-state index < -0.39 is 11.7 Å². The second-order valence-electron chi connectivity index (χ2n) is 16.2. The third-order valence-electron chi connectivity index (χ3n) is 11.8. The van der Waals surface area contributed by atoms with Crippen LogP contribution in [0.2, 0.25) is 0 Å². The van der Waals surface area contributed by atoms with Gasteiger partial charge in [-0.3, -0.25) is 0 Å². The molecule has 0 N–H and O–H groups in total. The zero-order valence-electron chi connectivity index (χ0n) is 33.8. The molecule has 4 heteroatoms. The maximum absolute atomic E-state index is 14.0. The van der Waals surface area contributed by atoms with Crippen molar-refractivity contribution in [2.45, 2.75) is 136 Å². The molecule has 290 valence electrons. The third kappa shape index (κ3) is 9.39. The predicted octanol–water partition coefficient (Wildman–Crippen LogP) is 16.5. The molecule has 0 unspecified atom stereocenters. The monoisotopic (exact) mass is 743 g/mol. The highest BCUT2D eigenvalue weighted by atomic mass is 19.4. The molecule has 0 saturated heterocycles. The van der Waals surface area contributed by atoms with Gasteiger partial charge >= 0.3 is 6.18 Å². The Kier molecular flexibility index (Phi) is 13.3. The first-order valence-electron chi connectivity index (χ1n) is 21.0. The van der Waals surface area contributed by atoms with Crippen LogP contribution in [0, 0.1) is 20.8 Å². The number of benzene rings is 5. The van der Waals surface area contributed by atoms with Crippen molar-refractivity contribution in [3.05, 3.63) is 137 Å². The zero-order chi connectivity index (χ0) is 39.0. The minimum absolute atomic E-state index is 0.00819. The highest BCUT2D eigenvalue weighted by Gasteiger charge is 2.42. The Labute approximate surface area is 329 Å². The molecule has 0 atom stereocenters. The maximum Gasteiger partial charge on any atom is 0.416 e. The first-order valence-corrected chi connectivity index (χ1v) is 21.0. The number of hydrogen-bond donors (Lipinski definition) is 0. The lowest BCUT2D eigenvalue weighted by Gasteiger charge is -2.33. The van der Waals surface area contributed by atoms with E-state index in [-0.39, 0.29) is 5.41 Å². The van der Waals surface area contributed by atoms with E-state index in [9.17, 15) is 13.2 Å². The number of anilines is 3. The summed E-state index contributed by atoms with van der Waals surface area (Å²) in [6.07, 6.45) is 13.3. The van der Waals surface area contributed by atoms with Crippen LogP contribution in [0.25, 0.3) is 22.3 Å². The highest BCUT2D eigenvalue weighted by molar-refractivity contribution is 5.85. The van der Waals surface area contributed by atoms with Crippen LogP contribution < -0.4 is 4.90 Å². The largest absolute Gasteiger partial charge is 0.416 e. The van der Waals surface area contributed by atoms with Crippen LogP contribution >= 0.6 is 0 Å². The molecule has 55 heavy (non-hydrogen) atoms. The molecule has 0 spiro atoms. The summed E-state index contributed by atoms with van der Waals surface area (Å²) < 4.78 is 42.0. The van der Waals surface area contributed by atoms with E-state index in [1.54, 1.807) is 6.92 Å². The molecule has 1 aliphatic rings. The highest BCUT2D eigenvalue weighted by Crippen LogP contribution is 2.55. The molecule has 1 nitrogen and oxygen atoms in total. The molecule has 6 rings (SSSR count). The summed E-state index contributed by atoms with van der Waals surface area (Å²) in [5, 5.41) is 0. The number of aryl methyl sites for hydroxylation is 3. The van der Waals surface area contributed by atoms with Crippen LogP contribution in [0.15, 0.2) is 103 Å². The van der Waals surface area contributed by atoms with Crippen molar-refractivity contribution in [3.8, 4) is 22.3 Å². The molecule has 0 heterocycles. The van der Waals surface area contributed by atoms with Gasteiger partial charge in [0, 0.05) is 22.5 Å². The second-order valence-corrected chi connectivity index (χ2v) is 16.2. The summed E-state index contributed by atoms with van der Waals surface area (Å²) in [7, 11) is 0.